The van der Waals surface area contributed by atoms with Gasteiger partial charge >= 0.3 is 6.09 Å². The Labute approximate surface area is 311 Å². The van der Waals surface area contributed by atoms with Gasteiger partial charge in [0, 0.05) is 65.3 Å². The van der Waals surface area contributed by atoms with Crippen LogP contribution in [-0.2, 0) is 35.1 Å². The number of para-hydroxylation sites is 2. The third-order valence-corrected chi connectivity index (χ3v) is 11.6. The molecular weight excluding hydrogens is 703 g/mol. The highest BCUT2D eigenvalue weighted by molar-refractivity contribution is 7.94. The van der Waals surface area contributed by atoms with Crippen molar-refractivity contribution in [3.8, 4) is 0 Å². The Hall–Kier alpha value is -3.72. The summed E-state index contributed by atoms with van der Waals surface area (Å²) in [4.78, 5) is 14.9. The average molecular weight is 753 g/mol. The lowest BCUT2D eigenvalue weighted by molar-refractivity contribution is -0.438. The second-order valence-electron chi connectivity index (χ2n) is 14.2. The molecule has 2 aromatic carbocycles. The fourth-order valence-corrected chi connectivity index (χ4v) is 8.54. The van der Waals surface area contributed by atoms with E-state index in [0.717, 1.165) is 78.2 Å². The van der Waals surface area contributed by atoms with E-state index in [4.69, 9.17) is 9.99 Å². The number of unbranched alkanes of at least 4 members (excludes halogenated alkanes) is 2. The largest absolute Gasteiger partial charge is 0.453 e. The highest BCUT2D eigenvalue weighted by atomic mass is 32.2. The maximum Gasteiger partial charge on any atom is 0.411 e. The second-order valence-corrected chi connectivity index (χ2v) is 16.6. The van der Waals surface area contributed by atoms with Crippen LogP contribution in [0.3, 0.4) is 0 Å². The molecule has 0 unspecified atom stereocenters. The summed E-state index contributed by atoms with van der Waals surface area (Å²) in [6.07, 6.45) is 12.1. The molecule has 0 bridgehead atoms. The SMILES string of the molecule is COC(=O)NC1=C(/C=C/C2=[N+](CCCCSOOO)c3ccccc3C2(C)C)CC/C1=C\C=C1\N(CCCCS(=O)(=O)O)c2ccccc2C1(C)C. The number of anilines is 1. The molecule has 1 amide bonds. The fourth-order valence-electron chi connectivity index (χ4n) is 7.54. The Morgan fingerprint density at radius 3 is 2.42 bits per heavy atom. The number of benzene rings is 2. The summed E-state index contributed by atoms with van der Waals surface area (Å²) >= 11 is 1.07. The molecule has 0 radical (unpaired) electrons. The third-order valence-electron chi connectivity index (χ3n) is 10.2. The summed E-state index contributed by atoms with van der Waals surface area (Å²) in [5, 5.41) is 15.1. The van der Waals surface area contributed by atoms with Crippen LogP contribution in [0.1, 0.15) is 77.3 Å². The zero-order chi connectivity index (χ0) is 37.5. The van der Waals surface area contributed by atoms with E-state index in [1.807, 2.05) is 12.1 Å². The van der Waals surface area contributed by atoms with Crippen LogP contribution in [0.4, 0.5) is 16.2 Å². The first-order valence-electron chi connectivity index (χ1n) is 17.6. The van der Waals surface area contributed by atoms with Gasteiger partial charge in [0.1, 0.15) is 6.54 Å². The van der Waals surface area contributed by atoms with Crippen LogP contribution in [0.15, 0.2) is 95.4 Å². The number of nitrogens with zero attached hydrogens (tertiary/aromatic N) is 2. The first-order valence-corrected chi connectivity index (χ1v) is 20.2. The predicted octanol–water partition coefficient (Wildman–Crippen LogP) is 8.15. The van der Waals surface area contributed by atoms with Crippen molar-refractivity contribution in [3.63, 3.8) is 0 Å². The molecule has 0 atom stereocenters. The van der Waals surface area contributed by atoms with Gasteiger partial charge in [-0.2, -0.15) is 13.0 Å². The minimum absolute atomic E-state index is 0.248. The van der Waals surface area contributed by atoms with Crippen molar-refractivity contribution < 1.29 is 41.7 Å². The maximum atomic E-state index is 12.7. The number of methoxy groups -OCH3 is 1. The van der Waals surface area contributed by atoms with Crippen molar-refractivity contribution in [2.75, 3.05) is 36.6 Å². The maximum absolute atomic E-state index is 12.7. The number of amides is 1. The topological polar surface area (TPSA) is 138 Å². The van der Waals surface area contributed by atoms with E-state index in [9.17, 15) is 17.8 Å². The van der Waals surface area contributed by atoms with Crippen LogP contribution in [0.2, 0.25) is 0 Å². The number of nitrogens with one attached hydrogen (secondary N) is 1. The molecule has 5 rings (SSSR count). The van der Waals surface area contributed by atoms with Gasteiger partial charge in [-0.05, 0) is 74.8 Å². The Kier molecular flexibility index (Phi) is 12.9. The lowest BCUT2D eigenvalue weighted by Gasteiger charge is -2.27. The van der Waals surface area contributed by atoms with E-state index < -0.39 is 16.2 Å². The van der Waals surface area contributed by atoms with Crippen LogP contribution >= 0.6 is 12.0 Å². The molecule has 0 spiro atoms. The highest BCUT2D eigenvalue weighted by Gasteiger charge is 2.44. The minimum atomic E-state index is -4.02. The van der Waals surface area contributed by atoms with E-state index in [0.29, 0.717) is 25.1 Å². The number of ether oxygens (including phenoxy) is 1. The molecule has 280 valence electrons. The highest BCUT2D eigenvalue weighted by Crippen LogP contribution is 2.48. The van der Waals surface area contributed by atoms with Crippen LogP contribution in [0.25, 0.3) is 0 Å². The molecule has 0 fully saturated rings. The zero-order valence-electron chi connectivity index (χ0n) is 30.6. The number of hydrogen-bond acceptors (Lipinski definition) is 9. The normalized spacial score (nSPS) is 19.3. The van der Waals surface area contributed by atoms with Gasteiger partial charge in [0.05, 0.1) is 24.0 Å². The first-order chi connectivity index (χ1) is 24.8. The van der Waals surface area contributed by atoms with Gasteiger partial charge in [0.25, 0.3) is 10.1 Å². The first kappa shape index (κ1) is 39.5. The third kappa shape index (κ3) is 8.90. The quantitative estimate of drug-likeness (QED) is 0.0385. The Morgan fingerprint density at radius 2 is 1.69 bits per heavy atom. The standard InChI is InChI=1S/C39H49N3O8S2/c1-38(2)30-14-6-8-16-32(30)41(24-10-12-26-51-50-49-44)34(38)22-20-28-18-19-29(36(28)40-37(43)48-5)21-23-35-39(3,4)31-15-7-9-17-33(31)42(35)25-11-13-27-52(45,46)47/h6-9,14-17,20-23H,10-13,18-19,24-27H2,1-5H3,(H2,44,45,46,47)/p+1/b29-21+,35-23+. The van der Waals surface area contributed by atoms with Gasteiger partial charge in [0.15, 0.2) is 5.71 Å². The molecule has 13 heteroatoms. The number of allylic oxidation sites excluding steroid dienone is 7. The Bertz CT molecular complexity index is 1910. The summed E-state index contributed by atoms with van der Waals surface area (Å²) in [6.45, 7) is 10.2. The molecule has 1 aliphatic carbocycles. The van der Waals surface area contributed by atoms with E-state index in [2.05, 4.69) is 113 Å². The zero-order valence-corrected chi connectivity index (χ0v) is 32.2. The summed E-state index contributed by atoms with van der Waals surface area (Å²) in [5.74, 6) is 0.412. The summed E-state index contributed by atoms with van der Waals surface area (Å²) in [5.41, 5.74) is 9.08. The summed E-state index contributed by atoms with van der Waals surface area (Å²) < 4.78 is 43.9. The molecule has 52 heavy (non-hydrogen) atoms. The molecule has 3 aliphatic rings. The van der Waals surface area contributed by atoms with E-state index in [1.54, 1.807) is 0 Å². The van der Waals surface area contributed by atoms with Crippen LogP contribution in [-0.4, -0.2) is 66.3 Å². The van der Waals surface area contributed by atoms with Crippen LogP contribution < -0.4 is 10.2 Å². The van der Waals surface area contributed by atoms with Gasteiger partial charge in [-0.3, -0.25) is 9.87 Å². The number of carbonyl (C=O) groups excluding carboxylic acids is 1. The van der Waals surface area contributed by atoms with E-state index in [-0.39, 0.29) is 16.6 Å². The molecule has 2 aliphatic heterocycles. The molecule has 3 N–H and O–H groups in total. The van der Waals surface area contributed by atoms with Crippen molar-refractivity contribution >= 4 is 45.3 Å². The molecular formula is C39H50N3O8S2+. The smallest absolute Gasteiger partial charge is 0.411 e. The predicted molar refractivity (Wildman–Crippen MR) is 205 cm³/mol. The average Bonchev–Trinajstić information content (AvgIpc) is 3.66. The van der Waals surface area contributed by atoms with Crippen molar-refractivity contribution in [2.24, 2.45) is 0 Å². The lowest BCUT2D eigenvalue weighted by Crippen LogP contribution is -2.28. The Morgan fingerprint density at radius 1 is 0.962 bits per heavy atom. The van der Waals surface area contributed by atoms with Gasteiger partial charge < -0.3 is 9.64 Å². The minimum Gasteiger partial charge on any atom is -0.453 e. The Balaban J connectivity index is 1.47. The van der Waals surface area contributed by atoms with Crippen molar-refractivity contribution in [1.82, 2.24) is 5.32 Å². The number of hydrogen-bond donors (Lipinski definition) is 3. The number of rotatable bonds is 16. The monoisotopic (exact) mass is 752 g/mol. The van der Waals surface area contributed by atoms with E-state index in [1.165, 1.54) is 23.9 Å². The van der Waals surface area contributed by atoms with Gasteiger partial charge in [-0.15, -0.1) is 4.33 Å². The summed E-state index contributed by atoms with van der Waals surface area (Å²) in [6, 6.07) is 16.7. The number of alkyl carbamates (subject to hydrolysis) is 1. The lowest BCUT2D eigenvalue weighted by atomic mass is 9.81. The molecule has 0 aromatic heterocycles. The molecule has 0 saturated heterocycles. The molecule has 0 saturated carbocycles. The van der Waals surface area contributed by atoms with Crippen molar-refractivity contribution in [3.05, 3.63) is 107 Å². The van der Waals surface area contributed by atoms with Crippen molar-refractivity contribution in [1.29, 1.82) is 0 Å². The number of fused-ring (bicyclic) bond motifs is 2. The molecule has 2 aromatic rings. The van der Waals surface area contributed by atoms with Crippen LogP contribution in [0, 0.1) is 0 Å². The molecule has 11 nitrogen and oxygen atoms in total. The van der Waals surface area contributed by atoms with Crippen molar-refractivity contribution in [2.45, 2.75) is 77.0 Å². The fraction of sp³-hybridized carbons (Fsp3) is 0.436. The van der Waals surface area contributed by atoms with Gasteiger partial charge in [-0.1, -0.05) is 67.4 Å². The summed E-state index contributed by atoms with van der Waals surface area (Å²) in [7, 11) is -2.66. The molecule has 2 heterocycles. The van der Waals surface area contributed by atoms with Gasteiger partial charge in [-0.25, -0.2) is 10.1 Å². The van der Waals surface area contributed by atoms with Gasteiger partial charge in [0.2, 0.25) is 5.69 Å². The second kappa shape index (κ2) is 17.0. The number of carbonyl (C=O) groups is 1. The van der Waals surface area contributed by atoms with E-state index >= 15 is 0 Å². The van der Waals surface area contributed by atoms with Crippen LogP contribution in [0.5, 0.6) is 0 Å².